The maximum atomic E-state index is 13.4. The molecule has 7 nitrogen and oxygen atoms in total. The first-order valence-corrected chi connectivity index (χ1v) is 18.0. The van der Waals surface area contributed by atoms with Gasteiger partial charge in [-0.25, -0.2) is 13.1 Å². The van der Waals surface area contributed by atoms with Gasteiger partial charge in [0.25, 0.3) is 5.91 Å². The predicted octanol–water partition coefficient (Wildman–Crippen LogP) is 6.89. The van der Waals surface area contributed by atoms with Gasteiger partial charge in [-0.15, -0.1) is 0 Å². The van der Waals surface area contributed by atoms with Crippen LogP contribution in [0.5, 0.6) is 5.75 Å². The molecule has 5 atom stereocenters. The summed E-state index contributed by atoms with van der Waals surface area (Å²) in [6.07, 6.45) is 8.59. The molecule has 1 aliphatic carbocycles. The smallest absolute Gasteiger partial charge is 0.264 e. The van der Waals surface area contributed by atoms with Crippen molar-refractivity contribution in [2.24, 2.45) is 17.8 Å². The van der Waals surface area contributed by atoms with Gasteiger partial charge in [-0.2, -0.15) is 0 Å². The number of hydrogen-bond donors (Lipinski definition) is 2. The number of carbonyl (C=O) groups excluding carboxylic acids is 1. The normalized spacial score (nSPS) is 30.0. The molecule has 2 heterocycles. The summed E-state index contributed by atoms with van der Waals surface area (Å²) in [6.45, 7) is 7.59. The number of ether oxygens (including phenoxy) is 1. The number of aliphatic hydroxyl groups is 1. The lowest BCUT2D eigenvalue weighted by atomic mass is 9.62. The van der Waals surface area contributed by atoms with Crippen molar-refractivity contribution in [1.82, 2.24) is 4.72 Å². The van der Waals surface area contributed by atoms with Crippen molar-refractivity contribution in [3.05, 3.63) is 58.1 Å². The summed E-state index contributed by atoms with van der Waals surface area (Å²) in [5, 5.41) is 12.0. The molecule has 1 saturated carbocycles. The lowest BCUT2D eigenvalue weighted by Crippen LogP contribution is -2.51. The molecular weight excluding hydrogens is 584 g/mol. The number of nitrogens with zero attached hydrogens (tertiary/aromatic N) is 1. The highest BCUT2D eigenvalue weighted by Gasteiger charge is 2.46. The van der Waals surface area contributed by atoms with E-state index in [4.69, 9.17) is 16.3 Å². The van der Waals surface area contributed by atoms with Crippen LogP contribution in [0.15, 0.2) is 36.4 Å². The van der Waals surface area contributed by atoms with E-state index >= 15 is 0 Å². The molecular formula is C34H47ClN2O5S. The Morgan fingerprint density at radius 1 is 1.07 bits per heavy atom. The van der Waals surface area contributed by atoms with E-state index in [0.29, 0.717) is 36.1 Å². The highest BCUT2D eigenvalue weighted by Crippen LogP contribution is 2.47. The number of carbonyl (C=O) groups is 1. The van der Waals surface area contributed by atoms with Crippen LogP contribution in [0.4, 0.5) is 5.69 Å². The van der Waals surface area contributed by atoms with Gasteiger partial charge in [-0.05, 0) is 118 Å². The first-order valence-electron chi connectivity index (χ1n) is 16.1. The topological polar surface area (TPSA) is 95.9 Å². The molecule has 2 aliphatic heterocycles. The largest absolute Gasteiger partial charge is 0.487 e. The van der Waals surface area contributed by atoms with Crippen molar-refractivity contribution in [1.29, 1.82) is 0 Å². The molecule has 1 fully saturated rings. The minimum absolute atomic E-state index is 0.157. The summed E-state index contributed by atoms with van der Waals surface area (Å²) in [5.74, 6) is 0.396. The molecule has 2 aromatic rings. The Labute approximate surface area is 262 Å². The summed E-state index contributed by atoms with van der Waals surface area (Å²) < 4.78 is 35.3. The van der Waals surface area contributed by atoms with E-state index in [0.717, 1.165) is 75.7 Å². The molecule has 2 bridgehead atoms. The number of sulfonamides is 1. The fourth-order valence-corrected chi connectivity index (χ4v) is 8.84. The van der Waals surface area contributed by atoms with Crippen molar-refractivity contribution < 1.29 is 23.1 Å². The second-order valence-corrected chi connectivity index (χ2v) is 15.6. The Bertz CT molecular complexity index is 1420. The van der Waals surface area contributed by atoms with Crippen LogP contribution in [-0.4, -0.2) is 43.4 Å². The van der Waals surface area contributed by atoms with Crippen molar-refractivity contribution >= 4 is 33.2 Å². The van der Waals surface area contributed by atoms with Gasteiger partial charge < -0.3 is 14.7 Å². The zero-order valence-electron chi connectivity index (χ0n) is 25.8. The summed E-state index contributed by atoms with van der Waals surface area (Å²) in [4.78, 5) is 15.7. The van der Waals surface area contributed by atoms with Gasteiger partial charge in [0, 0.05) is 23.7 Å². The fraction of sp³-hybridized carbons (Fsp3) is 0.618. The first kappa shape index (κ1) is 32.1. The van der Waals surface area contributed by atoms with Crippen LogP contribution in [0.2, 0.25) is 5.02 Å². The van der Waals surface area contributed by atoms with Crippen molar-refractivity contribution in [3.8, 4) is 5.75 Å². The van der Waals surface area contributed by atoms with Gasteiger partial charge in [0.1, 0.15) is 12.4 Å². The Morgan fingerprint density at radius 3 is 2.63 bits per heavy atom. The zero-order chi connectivity index (χ0) is 30.8. The van der Waals surface area contributed by atoms with Gasteiger partial charge in [0.15, 0.2) is 0 Å². The predicted molar refractivity (Wildman–Crippen MR) is 172 cm³/mol. The highest BCUT2D eigenvalue weighted by molar-refractivity contribution is 7.90. The van der Waals surface area contributed by atoms with Crippen LogP contribution in [0.3, 0.4) is 0 Å². The van der Waals surface area contributed by atoms with Crippen molar-refractivity contribution in [3.63, 3.8) is 0 Å². The van der Waals surface area contributed by atoms with Crippen LogP contribution in [-0.2, 0) is 23.1 Å². The quantitative estimate of drug-likeness (QED) is 0.375. The molecule has 2 aromatic carbocycles. The number of anilines is 1. The second kappa shape index (κ2) is 13.4. The van der Waals surface area contributed by atoms with Gasteiger partial charge in [-0.1, -0.05) is 44.4 Å². The molecule has 0 spiro atoms. The second-order valence-electron chi connectivity index (χ2n) is 13.1. The number of amides is 1. The number of nitrogens with one attached hydrogen (secondary N) is 1. The van der Waals surface area contributed by atoms with Crippen LogP contribution < -0.4 is 14.4 Å². The molecule has 0 saturated heterocycles. The van der Waals surface area contributed by atoms with Crippen LogP contribution in [0, 0.1) is 17.8 Å². The van der Waals surface area contributed by atoms with E-state index in [1.807, 2.05) is 25.1 Å². The van der Waals surface area contributed by atoms with Crippen LogP contribution in [0.1, 0.15) is 100 Å². The molecule has 2 N–H and O–H groups in total. The molecule has 236 valence electrons. The lowest BCUT2D eigenvalue weighted by molar-refractivity contribution is -0.0941. The Hall–Kier alpha value is -2.29. The minimum atomic E-state index is -3.90. The SMILES string of the molecule is CCC[C@@]1(O)CCC[C@H](C)[C@@H](C)S(=O)(=O)NC(=O)c2ccc3c(c2)N(CCCCc2cc(Cl)ccc2CO3)C[C@@H]2CC[C@H]21. The number of benzene rings is 2. The van der Waals surface area contributed by atoms with Crippen molar-refractivity contribution in [2.45, 2.75) is 102 Å². The number of aryl methyl sites for hydroxylation is 1. The maximum absolute atomic E-state index is 13.4. The van der Waals surface area contributed by atoms with Crippen LogP contribution in [0.25, 0.3) is 0 Å². The monoisotopic (exact) mass is 630 g/mol. The summed E-state index contributed by atoms with van der Waals surface area (Å²) in [6, 6.07) is 11.1. The Balaban J connectivity index is 1.55. The third-order valence-electron chi connectivity index (χ3n) is 10.3. The summed E-state index contributed by atoms with van der Waals surface area (Å²) in [5.41, 5.74) is 2.58. The summed E-state index contributed by atoms with van der Waals surface area (Å²) >= 11 is 6.33. The third-order valence-corrected chi connectivity index (χ3v) is 12.4. The van der Waals surface area contributed by atoms with Crippen LogP contribution >= 0.6 is 11.6 Å². The van der Waals surface area contributed by atoms with Gasteiger partial charge in [-0.3, -0.25) is 4.79 Å². The number of hydrogen-bond acceptors (Lipinski definition) is 6. The number of fused-ring (bicyclic) bond motifs is 3. The van der Waals surface area contributed by atoms with E-state index in [9.17, 15) is 18.3 Å². The highest BCUT2D eigenvalue weighted by atomic mass is 35.5. The Kier molecular flexibility index (Phi) is 9.99. The van der Waals surface area contributed by atoms with Gasteiger partial charge >= 0.3 is 0 Å². The molecule has 5 rings (SSSR count). The lowest BCUT2D eigenvalue weighted by Gasteiger charge is -2.49. The van der Waals surface area contributed by atoms with E-state index in [1.54, 1.807) is 25.1 Å². The van der Waals surface area contributed by atoms with E-state index in [2.05, 4.69) is 16.5 Å². The molecule has 0 unspecified atom stereocenters. The molecule has 0 radical (unpaired) electrons. The van der Waals surface area contributed by atoms with Crippen molar-refractivity contribution in [2.75, 3.05) is 18.0 Å². The average Bonchev–Trinajstić information content (AvgIpc) is 2.97. The molecule has 43 heavy (non-hydrogen) atoms. The van der Waals surface area contributed by atoms with E-state index < -0.39 is 26.8 Å². The fourth-order valence-electron chi connectivity index (χ4n) is 7.34. The molecule has 1 amide bonds. The maximum Gasteiger partial charge on any atom is 0.264 e. The standard InChI is InChI=1S/C34H47ClN2O5S/c1-4-16-34(39)17-7-8-23(2)24(3)43(40,41)36-33(38)26-12-15-32-31(20-26)37(21-27-11-14-30(27)34)18-6-5-9-25-19-29(35)13-10-28(25)22-42-32/h10,12-13,15,19-20,23-24,27,30,39H,4-9,11,14,16-18,21-22H2,1-3H3,(H,36,38)/t23-,24+,27-,30+,34+/m0/s1. The minimum Gasteiger partial charge on any atom is -0.487 e. The zero-order valence-corrected chi connectivity index (χ0v) is 27.4. The molecule has 3 aliphatic rings. The number of rotatable bonds is 2. The van der Waals surface area contributed by atoms with Gasteiger partial charge in [0.2, 0.25) is 10.0 Å². The third kappa shape index (κ3) is 7.18. The Morgan fingerprint density at radius 2 is 1.88 bits per heavy atom. The first-order chi connectivity index (χ1) is 20.5. The molecule has 0 aromatic heterocycles. The molecule has 9 heteroatoms. The summed E-state index contributed by atoms with van der Waals surface area (Å²) in [7, 11) is -3.90. The van der Waals surface area contributed by atoms with Gasteiger partial charge in [0.05, 0.1) is 16.5 Å². The number of halogens is 1. The average molecular weight is 631 g/mol. The van der Waals surface area contributed by atoms with E-state index in [-0.39, 0.29) is 17.4 Å². The van der Waals surface area contributed by atoms with E-state index in [1.165, 1.54) is 5.56 Å².